The summed E-state index contributed by atoms with van der Waals surface area (Å²) in [6.45, 7) is 0. The maximum absolute atomic E-state index is 10.7. The van der Waals surface area contributed by atoms with E-state index in [4.69, 9.17) is 0 Å². The average Bonchev–Trinajstić information content (AvgIpc) is 2.43. The number of aryl methyl sites for hydroxylation is 2. The predicted molar refractivity (Wildman–Crippen MR) is 62.4 cm³/mol. The van der Waals surface area contributed by atoms with Gasteiger partial charge >= 0.3 is 33.0 Å². The molecule has 1 nitrogen and oxygen atoms in total. The van der Waals surface area contributed by atoms with Crippen molar-refractivity contribution < 1.29 is 29.7 Å². The van der Waals surface area contributed by atoms with Crippen molar-refractivity contribution in [2.75, 3.05) is 0 Å². The summed E-state index contributed by atoms with van der Waals surface area (Å²) in [6, 6.07) is 0. The van der Waals surface area contributed by atoms with E-state index in [0.29, 0.717) is 0 Å². The fraction of sp³-hybridized carbons (Fsp3) is 0.667. The van der Waals surface area contributed by atoms with E-state index in [1.807, 2.05) is 11.3 Å². The van der Waals surface area contributed by atoms with Crippen LogP contribution in [0.4, 0.5) is 25.2 Å². The van der Waals surface area contributed by atoms with Crippen LogP contribution < -0.4 is 4.57 Å². The van der Waals surface area contributed by atoms with Gasteiger partial charge in [-0.1, -0.05) is 18.8 Å². The molecule has 0 fully saturated rings. The van der Waals surface area contributed by atoms with Gasteiger partial charge in [0, 0.05) is 6.42 Å². The molecule has 0 amide bonds. The van der Waals surface area contributed by atoms with Crippen molar-refractivity contribution in [2.45, 2.75) is 33.1 Å². The Labute approximate surface area is 106 Å². The van der Waals surface area contributed by atoms with Gasteiger partial charge in [-0.3, -0.25) is 0 Å². The Morgan fingerprint density at radius 2 is 1.50 bits per heavy atom. The summed E-state index contributed by atoms with van der Waals surface area (Å²) < 4.78 is 61.5. The van der Waals surface area contributed by atoms with E-state index >= 15 is 0 Å². The molecule has 0 saturated heterocycles. The Morgan fingerprint density at radius 1 is 1.06 bits per heavy atom. The van der Waals surface area contributed by atoms with Gasteiger partial charge in [-0.25, -0.2) is 0 Å². The van der Waals surface area contributed by atoms with Gasteiger partial charge in [-0.15, -0.1) is 0 Å². The van der Waals surface area contributed by atoms with Gasteiger partial charge in [0.1, 0.15) is 7.05 Å². The van der Waals surface area contributed by atoms with Crippen LogP contribution in [-0.4, -0.2) is 0 Å². The molecule has 1 aliphatic rings. The summed E-state index contributed by atoms with van der Waals surface area (Å²) in [4.78, 5) is 1.62. The van der Waals surface area contributed by atoms with Crippen molar-refractivity contribution in [3.63, 3.8) is 0 Å². The van der Waals surface area contributed by atoms with E-state index in [-0.39, 0.29) is 7.43 Å². The molecule has 1 heterocycles. The number of fused-ring (bicyclic) bond motifs is 1. The molecule has 0 radical (unpaired) electrons. The zero-order valence-electron chi connectivity index (χ0n) is 8.98. The molecule has 0 atom stereocenters. The molecular formula is C9H16F6NPS. The summed E-state index contributed by atoms with van der Waals surface area (Å²) in [5, 5.41) is 0. The summed E-state index contributed by atoms with van der Waals surface area (Å²) in [7, 11) is -8.50. The fourth-order valence-corrected chi connectivity index (χ4v) is 2.62. The predicted octanol–water partition coefficient (Wildman–Crippen LogP) is 5.47. The Balaban J connectivity index is 0.000000326. The molecule has 1 aromatic heterocycles. The van der Waals surface area contributed by atoms with Gasteiger partial charge < -0.3 is 0 Å². The van der Waals surface area contributed by atoms with Gasteiger partial charge in [0.25, 0.3) is 0 Å². The van der Waals surface area contributed by atoms with Crippen molar-refractivity contribution in [3.8, 4) is 0 Å². The van der Waals surface area contributed by atoms with Crippen LogP contribution in [0.25, 0.3) is 0 Å². The van der Waals surface area contributed by atoms with E-state index in [9.17, 15) is 25.2 Å². The number of halogens is 6. The fourth-order valence-electron chi connectivity index (χ4n) is 1.57. The first kappa shape index (κ1) is 17.6. The standard InChI is InChI=1S/C8H12NS.CH4.F6P/c1-9-6-10-8-5-3-2-4-7(8)9;;1-7(2,3,4,5)6/h6H,2-5H2,1H3;1H4;/q+1;;-1. The van der Waals surface area contributed by atoms with Crippen molar-refractivity contribution in [2.24, 2.45) is 7.05 Å². The Hall–Kier alpha value is -0.360. The second-order valence-electron chi connectivity index (χ2n) is 3.87. The Bertz CT molecular complexity index is 398. The van der Waals surface area contributed by atoms with Crippen LogP contribution in [0.15, 0.2) is 5.51 Å². The van der Waals surface area contributed by atoms with Gasteiger partial charge in [0.15, 0.2) is 5.69 Å². The molecule has 0 saturated carbocycles. The molecule has 0 spiro atoms. The molecule has 0 bridgehead atoms. The van der Waals surface area contributed by atoms with Crippen LogP contribution in [0.3, 0.4) is 0 Å². The zero-order chi connectivity index (χ0) is 13.4. The van der Waals surface area contributed by atoms with E-state index in [1.165, 1.54) is 25.7 Å². The molecule has 9 heteroatoms. The number of rotatable bonds is 0. The molecule has 110 valence electrons. The first-order chi connectivity index (χ1) is 7.33. The third kappa shape index (κ3) is 8.69. The quantitative estimate of drug-likeness (QED) is 0.339. The van der Waals surface area contributed by atoms with Crippen molar-refractivity contribution >= 4 is 19.1 Å². The summed E-state index contributed by atoms with van der Waals surface area (Å²) in [5.74, 6) is 0. The molecular weight excluding hydrogens is 299 g/mol. The number of nitrogens with zero attached hydrogens (tertiary/aromatic N) is 1. The maximum atomic E-state index is 9.87. The number of aromatic nitrogens is 1. The van der Waals surface area contributed by atoms with Gasteiger partial charge in [-0.2, -0.15) is 4.57 Å². The van der Waals surface area contributed by atoms with Crippen LogP contribution in [-0.2, 0) is 19.9 Å². The van der Waals surface area contributed by atoms with Crippen molar-refractivity contribution in [1.29, 1.82) is 0 Å². The summed E-state index contributed by atoms with van der Waals surface area (Å²) >= 11 is 1.91. The molecule has 0 unspecified atom stereocenters. The van der Waals surface area contributed by atoms with Crippen LogP contribution in [0, 0.1) is 0 Å². The summed E-state index contributed by atoms with van der Waals surface area (Å²) in [5.41, 5.74) is 3.80. The number of hydrogen-bond donors (Lipinski definition) is 0. The van der Waals surface area contributed by atoms with Crippen molar-refractivity contribution in [3.05, 3.63) is 16.1 Å². The molecule has 18 heavy (non-hydrogen) atoms. The SMILES string of the molecule is C.C[n+]1csc2c1CCCC2.F[P-](F)(F)(F)(F)F. The van der Waals surface area contributed by atoms with Crippen molar-refractivity contribution in [1.82, 2.24) is 0 Å². The molecule has 1 aliphatic carbocycles. The van der Waals surface area contributed by atoms with Crippen LogP contribution in [0.1, 0.15) is 30.8 Å². The van der Waals surface area contributed by atoms with Gasteiger partial charge in [-0.05, 0) is 19.3 Å². The average molecular weight is 315 g/mol. The third-order valence-corrected chi connectivity index (χ3v) is 3.31. The first-order valence-corrected chi connectivity index (χ1v) is 7.75. The summed E-state index contributed by atoms with van der Waals surface area (Å²) in [6.07, 6.45) is 5.40. The molecule has 1 aromatic rings. The van der Waals surface area contributed by atoms with Crippen LogP contribution >= 0.6 is 19.1 Å². The minimum absolute atomic E-state index is 0. The minimum atomic E-state index is -10.7. The van der Waals surface area contributed by atoms with Gasteiger partial charge in [0.05, 0.1) is 4.88 Å². The second-order valence-corrected chi connectivity index (χ2v) is 6.73. The topological polar surface area (TPSA) is 3.88 Å². The molecule has 0 N–H and O–H groups in total. The first-order valence-electron chi connectivity index (χ1n) is 4.84. The zero-order valence-corrected chi connectivity index (χ0v) is 10.7. The van der Waals surface area contributed by atoms with E-state index in [2.05, 4.69) is 17.1 Å². The number of hydrogen-bond acceptors (Lipinski definition) is 1. The molecule has 2 rings (SSSR count). The molecule has 0 aliphatic heterocycles. The number of thiazole rings is 1. The Morgan fingerprint density at radius 3 is 1.94 bits per heavy atom. The van der Waals surface area contributed by atoms with E-state index in [1.54, 1.807) is 10.6 Å². The molecule has 0 aromatic carbocycles. The third-order valence-electron chi connectivity index (χ3n) is 2.17. The van der Waals surface area contributed by atoms with E-state index < -0.39 is 7.81 Å². The Kier molecular flexibility index (Phi) is 4.54. The monoisotopic (exact) mass is 315 g/mol. The van der Waals surface area contributed by atoms with Crippen LogP contribution in [0.5, 0.6) is 0 Å². The normalized spacial score (nSPS) is 18.4. The van der Waals surface area contributed by atoms with Crippen LogP contribution in [0.2, 0.25) is 0 Å². The van der Waals surface area contributed by atoms with E-state index in [0.717, 1.165) is 0 Å². The second kappa shape index (κ2) is 4.63. The van der Waals surface area contributed by atoms with Gasteiger partial charge in [0.2, 0.25) is 5.51 Å².